The van der Waals surface area contributed by atoms with Crippen molar-refractivity contribution in [2.45, 2.75) is 19.6 Å². The van der Waals surface area contributed by atoms with Crippen LogP contribution in [0, 0.1) is 0 Å². The fourth-order valence-corrected chi connectivity index (χ4v) is 8.41. The molecule has 0 saturated heterocycles. The average molecular weight is 793 g/mol. The first-order valence-electron chi connectivity index (χ1n) is 13.8. The summed E-state index contributed by atoms with van der Waals surface area (Å²) < 4.78 is 78.7. The van der Waals surface area contributed by atoms with Crippen LogP contribution in [0.25, 0.3) is 65.2 Å². The molecule has 0 aliphatic carbocycles. The van der Waals surface area contributed by atoms with E-state index in [0.717, 1.165) is 18.2 Å². The van der Waals surface area contributed by atoms with Gasteiger partial charge in [-0.25, -0.2) is 10.5 Å². The molecule has 1 aromatic heterocycles. The number of aromatic amines is 2. The van der Waals surface area contributed by atoms with Gasteiger partial charge in [0.15, 0.2) is 21.7 Å². The predicted molar refractivity (Wildman–Crippen MR) is 186 cm³/mol. The minimum Gasteiger partial charge on any atom is -0.397 e. The lowest BCUT2D eigenvalue weighted by Crippen LogP contribution is -2.19. The van der Waals surface area contributed by atoms with Gasteiger partial charge in [-0.2, -0.15) is 16.8 Å². The molecule has 52 heavy (non-hydrogen) atoms. The normalized spacial score (nSPS) is 12.7. The summed E-state index contributed by atoms with van der Waals surface area (Å²) in [6.45, 7) is 0. The highest BCUT2D eigenvalue weighted by Gasteiger charge is 2.30. The van der Waals surface area contributed by atoms with Crippen LogP contribution in [-0.2, 0) is 39.0 Å². The zero-order chi connectivity index (χ0) is 37.6. The second-order valence-electron chi connectivity index (χ2n) is 10.9. The number of nitrogen functional groups attached to an aromatic ring is 2. The summed E-state index contributed by atoms with van der Waals surface area (Å²) in [5.74, 6) is 0. The summed E-state index contributed by atoms with van der Waals surface area (Å²) in [6, 6.07) is 6.24. The smallest absolute Gasteiger partial charge is 0.298 e. The molecule has 0 bridgehead atoms. The lowest BCUT2D eigenvalue weighted by molar-refractivity contribution is -0.432. The van der Waals surface area contributed by atoms with E-state index in [1.807, 2.05) is 0 Å². The maximum Gasteiger partial charge on any atom is 0.298 e. The molecule has 0 amide bonds. The van der Waals surface area contributed by atoms with Crippen molar-refractivity contribution in [2.24, 2.45) is 0 Å². The minimum absolute atomic E-state index is 0.157. The van der Waals surface area contributed by atoms with Gasteiger partial charge in [-0.1, -0.05) is 10.1 Å². The third-order valence-corrected chi connectivity index (χ3v) is 11.3. The molecule has 0 spiro atoms. The van der Waals surface area contributed by atoms with E-state index < -0.39 is 107 Å². The molecule has 7 rings (SSSR count). The van der Waals surface area contributed by atoms with Crippen molar-refractivity contribution < 1.29 is 55.2 Å². The molecule has 0 unspecified atom stereocenters. The highest BCUT2D eigenvalue weighted by atomic mass is 32.2. The Morgan fingerprint density at radius 3 is 1.65 bits per heavy atom. The van der Waals surface area contributed by atoms with E-state index in [0.29, 0.717) is 12.0 Å². The van der Waals surface area contributed by atoms with Crippen molar-refractivity contribution in [1.82, 2.24) is 9.97 Å². The standard InChI is InChI=1S/C28H16N4O16S4/c29-17-13-15(26(36)12-6-8(51(39,40)41)2-4-10(12)23(13)33)19-21(27(17)50-48-46-38)31-20-16-14(18(30)28(22(20)32-19)52(42,43)44)24(34)9-3-1-7(49-47-45-37)5-11(9)25(16)35/h1-6,31-32,37-38H,29-30H2,(H,39,40,41)(H,42,43,44). The summed E-state index contributed by atoms with van der Waals surface area (Å²) in [6.07, 6.45) is 0. The zero-order valence-electron chi connectivity index (χ0n) is 24.9. The molecule has 0 aliphatic rings. The molecule has 7 aromatic rings. The van der Waals surface area contributed by atoms with E-state index >= 15 is 0 Å². The van der Waals surface area contributed by atoms with Gasteiger partial charge in [0.1, 0.15) is 4.90 Å². The highest BCUT2D eigenvalue weighted by molar-refractivity contribution is 7.95. The van der Waals surface area contributed by atoms with Gasteiger partial charge >= 0.3 is 0 Å². The number of benzene rings is 6. The van der Waals surface area contributed by atoms with Crippen LogP contribution in [0.15, 0.2) is 75.2 Å². The SMILES string of the molecule is Nc1c(SOOO)c2[nH]c3c([nH]c2c2c(=O)c4cc(S(=O)(=O)O)ccc4c(=O)c12)c(S(=O)(=O)O)c(N)c1c(=O)c2ccc(SOOO)cc2c(=O)c13. The van der Waals surface area contributed by atoms with Crippen LogP contribution in [0.5, 0.6) is 0 Å². The molecule has 0 radical (unpaired) electrons. The van der Waals surface area contributed by atoms with Crippen LogP contribution >= 0.6 is 24.1 Å². The number of aromatic nitrogens is 2. The Balaban J connectivity index is 1.79. The topological polar surface area (TPSA) is 338 Å². The number of hydrogen-bond donors (Lipinski definition) is 8. The number of nitrogens with two attached hydrogens (primary N) is 2. The van der Waals surface area contributed by atoms with Crippen LogP contribution in [0.1, 0.15) is 0 Å². The molecule has 268 valence electrons. The van der Waals surface area contributed by atoms with E-state index in [-0.39, 0.29) is 43.5 Å². The Hall–Kier alpha value is -4.96. The predicted octanol–water partition coefficient (Wildman–Crippen LogP) is 2.66. The van der Waals surface area contributed by atoms with Gasteiger partial charge < -0.3 is 21.4 Å². The quantitative estimate of drug-likeness (QED) is 0.0208. The summed E-state index contributed by atoms with van der Waals surface area (Å²) in [4.78, 5) is 59.4. The van der Waals surface area contributed by atoms with Crippen molar-refractivity contribution in [1.29, 1.82) is 0 Å². The zero-order valence-corrected chi connectivity index (χ0v) is 28.2. The number of hydrogen-bond acceptors (Lipinski definition) is 18. The molecule has 24 heteroatoms. The second-order valence-corrected chi connectivity index (χ2v) is 15.1. The van der Waals surface area contributed by atoms with Crippen LogP contribution in [0.2, 0.25) is 0 Å². The summed E-state index contributed by atoms with van der Waals surface area (Å²) in [7, 11) is -10.3. The van der Waals surface area contributed by atoms with Crippen LogP contribution in [-0.4, -0.2) is 46.4 Å². The first kappa shape index (κ1) is 35.4. The Morgan fingerprint density at radius 2 is 1.08 bits per heavy atom. The fraction of sp³-hybridized carbons (Fsp3) is 0. The molecule has 6 aromatic carbocycles. The number of fused-ring (bicyclic) bond motifs is 8. The number of anilines is 2. The van der Waals surface area contributed by atoms with E-state index in [9.17, 15) is 45.1 Å². The maximum atomic E-state index is 14.2. The number of nitrogens with one attached hydrogen (secondary N) is 2. The van der Waals surface area contributed by atoms with Crippen molar-refractivity contribution >= 4 is 121 Å². The Morgan fingerprint density at radius 1 is 0.577 bits per heavy atom. The maximum absolute atomic E-state index is 14.2. The molecular formula is C28H16N4O16S4. The van der Waals surface area contributed by atoms with Gasteiger partial charge in [0.05, 0.1) is 88.9 Å². The summed E-state index contributed by atoms with van der Waals surface area (Å²) >= 11 is 0.638. The van der Waals surface area contributed by atoms with E-state index in [1.54, 1.807) is 0 Å². The number of rotatable bonds is 8. The van der Waals surface area contributed by atoms with E-state index in [4.69, 9.17) is 22.0 Å². The Kier molecular flexibility index (Phi) is 8.40. The molecule has 1 heterocycles. The third-order valence-electron chi connectivity index (χ3n) is 8.22. The number of H-pyrrole nitrogens is 2. The lowest BCUT2D eigenvalue weighted by Gasteiger charge is -2.17. The van der Waals surface area contributed by atoms with E-state index in [1.165, 1.54) is 18.2 Å². The van der Waals surface area contributed by atoms with Gasteiger partial charge in [0.2, 0.25) is 0 Å². The van der Waals surface area contributed by atoms with Crippen molar-refractivity contribution in [3.8, 4) is 0 Å². The molecule has 20 nitrogen and oxygen atoms in total. The summed E-state index contributed by atoms with van der Waals surface area (Å²) in [5.41, 5.74) is 5.38. The first-order chi connectivity index (χ1) is 24.5. The lowest BCUT2D eigenvalue weighted by atomic mass is 9.98. The van der Waals surface area contributed by atoms with Gasteiger partial charge in [-0.3, -0.25) is 28.3 Å². The third kappa shape index (κ3) is 5.25. The Labute approximate surface area is 293 Å². The van der Waals surface area contributed by atoms with Gasteiger partial charge in [-0.05, 0) is 36.4 Å². The fourth-order valence-electron chi connectivity index (χ4n) is 6.18. The first-order valence-corrected chi connectivity index (χ1v) is 18.1. The molecule has 0 fully saturated rings. The molecular weight excluding hydrogens is 777 g/mol. The minimum atomic E-state index is -5.40. The molecule has 0 atom stereocenters. The molecule has 0 saturated carbocycles. The summed E-state index contributed by atoms with van der Waals surface area (Å²) in [5, 5.41) is 21.1. The second kappa shape index (κ2) is 12.3. The average Bonchev–Trinajstić information content (AvgIpc) is 3.09. The van der Waals surface area contributed by atoms with Gasteiger partial charge in [0, 0.05) is 26.4 Å². The van der Waals surface area contributed by atoms with Crippen molar-refractivity contribution in [3.05, 3.63) is 77.3 Å². The van der Waals surface area contributed by atoms with Crippen LogP contribution in [0.3, 0.4) is 0 Å². The van der Waals surface area contributed by atoms with Crippen LogP contribution in [0.4, 0.5) is 11.4 Å². The molecule has 0 aliphatic heterocycles. The highest BCUT2D eigenvalue weighted by Crippen LogP contribution is 2.41. The van der Waals surface area contributed by atoms with Crippen LogP contribution < -0.4 is 33.2 Å². The monoisotopic (exact) mass is 792 g/mol. The van der Waals surface area contributed by atoms with E-state index in [2.05, 4.69) is 28.7 Å². The Bertz CT molecular complexity index is 3230. The van der Waals surface area contributed by atoms with Crippen molar-refractivity contribution in [3.63, 3.8) is 0 Å². The van der Waals surface area contributed by atoms with Gasteiger partial charge in [0.25, 0.3) is 20.2 Å². The van der Waals surface area contributed by atoms with Crippen molar-refractivity contribution in [2.75, 3.05) is 11.5 Å². The molecule has 10 N–H and O–H groups in total. The largest absolute Gasteiger partial charge is 0.397 e. The van der Waals surface area contributed by atoms with Gasteiger partial charge in [-0.15, -0.1) is 8.67 Å².